The molecule has 10 aromatic carbocycles. The molecule has 10 aromatic heterocycles. The van der Waals surface area contributed by atoms with Gasteiger partial charge in [0.15, 0.2) is 28.5 Å². The molecule has 0 fully saturated rings. The van der Waals surface area contributed by atoms with E-state index in [9.17, 15) is 0 Å². The van der Waals surface area contributed by atoms with Crippen molar-refractivity contribution >= 4 is 138 Å². The standard InChI is InChI=1S/5C26H27N2O/c1-15(2)12-19-13-18(5)28(7)22(14-19)24-17(4)8-10-20-23-16(3)9-11-21(27-6)26(23)29-25(20)24;2*1-15(2)12-19-13-18(5)28(7)22(14-19)23-16(3)8-10-20-21-11-9-17(4)24(27-6)26(21)29-25(20)23;1-15(2)10-19-13-18(5)28(7)23(14-19)24-17(4)8-9-20-21-11-16(3)12-22(27-6)25(21)29-26(20)24;1-15(2)11-19-13-18(5)28(7)22(14-19)24-17(4)12-16(3)23-20-9-8-10-21(27-6)25(20)29-26(23)24/h3*8-11,13-15H,12H2,1-5,7H3;8-9,11-15H,10H2,1-5,7H3;8-10,12-15H,11H2,1-5,7H3/q5*+1/i3D3,12D2;12D2,13D,14D;12D2;10D2;3D3,11D2. The first-order valence-electron chi connectivity index (χ1n) is 57.9. The van der Waals surface area contributed by atoms with E-state index in [0.29, 0.717) is 134 Å². The number of fused-ring (bicyclic) bond motifs is 15. The van der Waals surface area contributed by atoms with Crippen LogP contribution in [0.25, 0.3) is 190 Å². The van der Waals surface area contributed by atoms with E-state index in [0.717, 1.165) is 145 Å². The number of furan rings is 5. The molecular formula is C130H135N10O5+5. The first-order chi connectivity index (χ1) is 76.1. The number of pyridine rings is 5. The Kier molecular flexibility index (Phi) is 23.1. The zero-order valence-corrected chi connectivity index (χ0v) is 88.1. The first-order valence-corrected chi connectivity index (χ1v) is 48.9. The Hall–Kier alpha value is -15.6. The van der Waals surface area contributed by atoms with E-state index in [1.807, 2.05) is 285 Å². The fraction of sp³-hybridized carbons (Fsp3) is 0.308. The van der Waals surface area contributed by atoms with Gasteiger partial charge in [-0.1, -0.05) is 190 Å². The van der Waals surface area contributed by atoms with Gasteiger partial charge >= 0.3 is 0 Å². The van der Waals surface area contributed by atoms with Crippen molar-refractivity contribution in [2.45, 2.75) is 205 Å². The predicted molar refractivity (Wildman–Crippen MR) is 597 cm³/mol. The van der Waals surface area contributed by atoms with E-state index in [1.165, 1.54) is 12.1 Å². The highest BCUT2D eigenvalue weighted by molar-refractivity contribution is 6.18. The van der Waals surface area contributed by atoms with Crippen LogP contribution in [0.1, 0.15) is 206 Å². The Labute approximate surface area is 880 Å². The first kappa shape index (κ1) is 80.9. The summed E-state index contributed by atoms with van der Waals surface area (Å²) in [5.74, 6) is -1.17. The molecule has 0 amide bonds. The van der Waals surface area contributed by atoms with Gasteiger partial charge in [-0.15, -0.1) is 0 Å². The van der Waals surface area contributed by atoms with Crippen LogP contribution in [0.15, 0.2) is 204 Å². The third kappa shape index (κ3) is 19.6. The molecule has 0 saturated heterocycles. The Balaban J connectivity index is 0.000000143. The van der Waals surface area contributed by atoms with Crippen molar-refractivity contribution in [2.75, 3.05) is 0 Å². The second-order valence-electron chi connectivity index (χ2n) is 39.7. The summed E-state index contributed by atoms with van der Waals surface area (Å²) in [6.07, 6.45) is -7.82. The van der Waals surface area contributed by atoms with Gasteiger partial charge in [0.25, 0.3) is 0 Å². The van der Waals surface area contributed by atoms with Crippen molar-refractivity contribution in [2.24, 2.45) is 64.8 Å². The quantitative estimate of drug-likeness (QED) is 0.0751. The zero-order chi connectivity index (χ0) is 120. The third-order valence-electron chi connectivity index (χ3n) is 27.1. The third-order valence-corrected chi connectivity index (χ3v) is 27.1. The molecule has 20 rings (SSSR count). The molecule has 0 bridgehead atoms. The van der Waals surface area contributed by atoms with E-state index >= 15 is 0 Å². The van der Waals surface area contributed by atoms with E-state index < -0.39 is 51.5 Å². The molecule has 0 N–H and O–H groups in total. The summed E-state index contributed by atoms with van der Waals surface area (Å²) in [6, 6.07) is 52.7. The van der Waals surface area contributed by atoms with Gasteiger partial charge in [0.2, 0.25) is 56.9 Å². The van der Waals surface area contributed by atoms with Gasteiger partial charge < -0.3 is 22.1 Å². The van der Waals surface area contributed by atoms with Crippen LogP contribution in [-0.4, -0.2) is 0 Å². The van der Waals surface area contributed by atoms with Gasteiger partial charge in [0, 0.05) is 171 Å². The van der Waals surface area contributed by atoms with Crippen molar-refractivity contribution in [3.8, 4) is 56.3 Å². The number of rotatable bonds is 15. The highest BCUT2D eigenvalue weighted by Gasteiger charge is 2.33. The Morgan fingerprint density at radius 3 is 0.972 bits per heavy atom. The molecule has 730 valence electrons. The molecule has 0 atom stereocenters. The van der Waals surface area contributed by atoms with Gasteiger partial charge in [0.05, 0.1) is 63.4 Å². The van der Waals surface area contributed by atoms with Crippen molar-refractivity contribution in [3.05, 3.63) is 351 Å². The number of hydrogen-bond acceptors (Lipinski definition) is 5. The monoisotopic (exact) mass is 1930 g/mol. The van der Waals surface area contributed by atoms with Gasteiger partial charge in [-0.2, -0.15) is 22.8 Å². The van der Waals surface area contributed by atoms with Crippen molar-refractivity contribution in [1.82, 2.24) is 0 Å². The number of para-hydroxylation sites is 1. The van der Waals surface area contributed by atoms with E-state index in [4.69, 9.17) is 79.6 Å². The highest BCUT2D eigenvalue weighted by Crippen LogP contribution is 2.49. The molecule has 0 radical (unpaired) electrons. The number of aryl methyl sites for hydroxylation is 14. The average molecular weight is 1940 g/mol. The maximum atomic E-state index is 9.06. The number of benzene rings is 10. The molecule has 15 heteroatoms. The second kappa shape index (κ2) is 41.4. The molecule has 10 heterocycles. The number of hydrogen-bond donors (Lipinski definition) is 0. The fourth-order valence-corrected chi connectivity index (χ4v) is 19.6. The molecule has 0 spiro atoms. The Morgan fingerprint density at radius 1 is 0.262 bits per heavy atom. The molecule has 145 heavy (non-hydrogen) atoms. The topological polar surface area (TPSA) is 107 Å². The van der Waals surface area contributed by atoms with Crippen LogP contribution in [-0.2, 0) is 67.1 Å². The minimum Gasteiger partial charge on any atom is -0.466 e. The molecule has 0 aliphatic heterocycles. The lowest BCUT2D eigenvalue weighted by molar-refractivity contribution is -0.666. The van der Waals surface area contributed by atoms with Crippen LogP contribution in [0.5, 0.6) is 0 Å². The molecule has 0 unspecified atom stereocenters. The van der Waals surface area contributed by atoms with Crippen molar-refractivity contribution in [1.29, 1.82) is 0 Å². The summed E-state index contributed by atoms with van der Waals surface area (Å²) in [5.41, 5.74) is 29.7. The SMILES string of the molecule is [2H]C([2H])([2H])c1cc(C)c(-c2cc(C([2H])([2H])C(C)C)cc(C)[n+]2C)c2oc3c([N+]#[C-])cccc3c12.[2H]C([2H])([2H])c1ccc([N+]#[C-])c2oc3c(-c4cc(C([2H])([2H])C(C)C)cc(C)[n+]4C)c(C)ccc3c12.[2H]C([2H])(c1cc(C)[n+](C)c(-c2c(C)ccc3c2oc2c([N+]#[C-])c(C)ccc23)c1)C(C)C.[2H]C([2H])(c1cc(C)[n+](C)c(-c2c(C)ccc3c2oc2c([N+]#[C-])cc(C)cc23)c1)C(C)C.[2H]c1c(C([2H])([2H])C(C)C)c([2H])c(-c2c(C)ccc3c2oc2c([N+]#[C-])c(C)ccc23)[n+](C)c1C. The average Bonchev–Trinajstić information content (AvgIpc) is 1.59. The van der Waals surface area contributed by atoms with Crippen molar-refractivity contribution < 1.29 is 69.6 Å². The van der Waals surface area contributed by atoms with Gasteiger partial charge in [-0.3, -0.25) is 0 Å². The van der Waals surface area contributed by atoms with Gasteiger partial charge in [0.1, 0.15) is 91.1 Å². The lowest BCUT2D eigenvalue weighted by Gasteiger charge is -2.12. The summed E-state index contributed by atoms with van der Waals surface area (Å²) in [7, 11) is 9.60. The maximum absolute atomic E-state index is 9.06. The fourth-order valence-electron chi connectivity index (χ4n) is 19.6. The number of nitrogens with zero attached hydrogens (tertiary/aromatic N) is 10. The summed E-state index contributed by atoms with van der Waals surface area (Å²) in [5, 5.41) is 7.60. The van der Waals surface area contributed by atoms with E-state index in [2.05, 4.69) is 57.6 Å². The Bertz CT molecular complexity index is 9750. The van der Waals surface area contributed by atoms with Crippen LogP contribution in [0, 0.1) is 166 Å². The second-order valence-corrected chi connectivity index (χ2v) is 39.7. The predicted octanol–water partition coefficient (Wildman–Crippen LogP) is 33.8. The zero-order valence-electron chi connectivity index (χ0n) is 106. The molecular weight excluding hydrogens is 1780 g/mol. The summed E-state index contributed by atoms with van der Waals surface area (Å²) < 4.78 is 194. The molecule has 15 nitrogen and oxygen atoms in total. The molecule has 0 aliphatic carbocycles. The van der Waals surface area contributed by atoms with Gasteiger partial charge in [-0.05, 0) is 215 Å². The van der Waals surface area contributed by atoms with Gasteiger partial charge in [-0.25, -0.2) is 24.2 Å². The molecule has 0 aliphatic rings. The lowest BCUT2D eigenvalue weighted by atomic mass is 9.94. The van der Waals surface area contributed by atoms with Crippen LogP contribution in [0.2, 0.25) is 0 Å². The number of aromatic nitrogens is 5. The van der Waals surface area contributed by atoms with Crippen LogP contribution < -0.4 is 22.8 Å². The Morgan fingerprint density at radius 2 is 0.572 bits per heavy atom. The van der Waals surface area contributed by atoms with E-state index in [-0.39, 0.29) is 63.7 Å². The summed E-state index contributed by atoms with van der Waals surface area (Å²) in [6.45, 7) is 77.0. The highest BCUT2D eigenvalue weighted by atomic mass is 16.3. The normalized spacial score (nSPS) is 14.0. The maximum Gasteiger partial charge on any atom is 0.232 e. The van der Waals surface area contributed by atoms with Crippen molar-refractivity contribution in [3.63, 3.8) is 0 Å². The largest absolute Gasteiger partial charge is 0.466 e. The minimum absolute atomic E-state index is 0.00978. The summed E-state index contributed by atoms with van der Waals surface area (Å²) in [4.78, 5) is 18.2. The summed E-state index contributed by atoms with van der Waals surface area (Å²) >= 11 is 0. The molecule has 0 saturated carbocycles. The van der Waals surface area contributed by atoms with Crippen LogP contribution in [0.4, 0.5) is 28.4 Å². The van der Waals surface area contributed by atoms with Crippen LogP contribution in [0.3, 0.4) is 0 Å². The smallest absolute Gasteiger partial charge is 0.232 e. The minimum atomic E-state index is -2.37. The lowest BCUT2D eigenvalue weighted by Crippen LogP contribution is -2.35. The van der Waals surface area contributed by atoms with Crippen LogP contribution >= 0.6 is 0 Å². The molecule has 20 aromatic rings. The van der Waals surface area contributed by atoms with E-state index in [1.54, 1.807) is 56.7 Å².